The van der Waals surface area contributed by atoms with Crippen molar-refractivity contribution in [2.24, 2.45) is 11.1 Å². The highest BCUT2D eigenvalue weighted by atomic mass is 16.1. The monoisotopic (exact) mass is 245 g/mol. The number of hydrogen-bond donors (Lipinski definition) is 1. The first-order valence-electron chi connectivity index (χ1n) is 6.77. The molecule has 0 saturated heterocycles. The van der Waals surface area contributed by atoms with E-state index in [1.165, 1.54) is 31.2 Å². The maximum Gasteiger partial charge on any atom is 0.248 e. The van der Waals surface area contributed by atoms with Crippen molar-refractivity contribution >= 4 is 5.91 Å². The molecule has 2 heteroatoms. The first kappa shape index (κ1) is 13.1. The molecule has 0 radical (unpaired) electrons. The summed E-state index contributed by atoms with van der Waals surface area (Å²) < 4.78 is 0. The van der Waals surface area contributed by atoms with E-state index >= 15 is 0 Å². The topological polar surface area (TPSA) is 43.1 Å². The van der Waals surface area contributed by atoms with Crippen LogP contribution in [-0.2, 0) is 5.41 Å². The standard InChI is InChI=1S/C16H23NO/c1-15(2)9-4-5-10-16(15,3)13-8-6-7-12(11-13)14(17)18/h6-8,11H,4-5,9-10H2,1-3H3,(H2,17,18). The first-order chi connectivity index (χ1) is 8.37. The molecule has 0 bridgehead atoms. The predicted molar refractivity (Wildman–Crippen MR) is 74.6 cm³/mol. The van der Waals surface area contributed by atoms with E-state index in [0.29, 0.717) is 5.56 Å². The predicted octanol–water partition coefficient (Wildman–Crippen LogP) is 3.64. The fourth-order valence-corrected chi connectivity index (χ4v) is 3.21. The number of amides is 1. The van der Waals surface area contributed by atoms with Gasteiger partial charge in [-0.25, -0.2) is 0 Å². The molecule has 18 heavy (non-hydrogen) atoms. The van der Waals surface area contributed by atoms with E-state index in [9.17, 15) is 4.79 Å². The van der Waals surface area contributed by atoms with E-state index in [4.69, 9.17) is 5.73 Å². The van der Waals surface area contributed by atoms with Crippen LogP contribution in [0.15, 0.2) is 24.3 Å². The Morgan fingerprint density at radius 1 is 1.17 bits per heavy atom. The summed E-state index contributed by atoms with van der Waals surface area (Å²) in [4.78, 5) is 11.3. The Kier molecular flexibility index (Phi) is 3.22. The number of nitrogens with two attached hydrogens (primary N) is 1. The number of carbonyl (C=O) groups is 1. The summed E-state index contributed by atoms with van der Waals surface area (Å²) in [6, 6.07) is 7.87. The minimum Gasteiger partial charge on any atom is -0.366 e. The zero-order valence-electron chi connectivity index (χ0n) is 11.6. The fourth-order valence-electron chi connectivity index (χ4n) is 3.21. The zero-order valence-corrected chi connectivity index (χ0v) is 11.6. The largest absolute Gasteiger partial charge is 0.366 e. The molecule has 2 N–H and O–H groups in total. The Morgan fingerprint density at radius 2 is 1.83 bits per heavy atom. The average Bonchev–Trinajstić information content (AvgIpc) is 2.33. The highest BCUT2D eigenvalue weighted by molar-refractivity contribution is 5.92. The van der Waals surface area contributed by atoms with Crippen LogP contribution in [0.25, 0.3) is 0 Å². The molecule has 2 nitrogen and oxygen atoms in total. The number of rotatable bonds is 2. The van der Waals surface area contributed by atoms with Crippen molar-refractivity contribution in [2.45, 2.75) is 51.9 Å². The number of primary amides is 1. The molecule has 0 heterocycles. The third kappa shape index (κ3) is 2.05. The molecule has 1 atom stereocenters. The highest BCUT2D eigenvalue weighted by Crippen LogP contribution is 2.51. The van der Waals surface area contributed by atoms with Gasteiger partial charge in [-0.3, -0.25) is 4.79 Å². The van der Waals surface area contributed by atoms with E-state index in [2.05, 4.69) is 26.8 Å². The Bertz CT molecular complexity index is 464. The molecule has 1 aromatic rings. The van der Waals surface area contributed by atoms with Crippen molar-refractivity contribution < 1.29 is 4.79 Å². The van der Waals surface area contributed by atoms with Crippen molar-refractivity contribution in [3.05, 3.63) is 35.4 Å². The molecule has 1 fully saturated rings. The van der Waals surface area contributed by atoms with Gasteiger partial charge < -0.3 is 5.73 Å². The van der Waals surface area contributed by atoms with Crippen molar-refractivity contribution in [2.75, 3.05) is 0 Å². The van der Waals surface area contributed by atoms with Crippen molar-refractivity contribution in [1.29, 1.82) is 0 Å². The lowest BCUT2D eigenvalue weighted by Crippen LogP contribution is -2.42. The zero-order chi connectivity index (χ0) is 13.4. The van der Waals surface area contributed by atoms with E-state index in [-0.39, 0.29) is 16.7 Å². The smallest absolute Gasteiger partial charge is 0.248 e. The minimum atomic E-state index is -0.339. The molecule has 0 aliphatic heterocycles. The van der Waals surface area contributed by atoms with E-state index in [1.54, 1.807) is 6.07 Å². The molecule has 2 rings (SSSR count). The molecule has 1 aromatic carbocycles. The number of benzene rings is 1. The molecule has 1 aliphatic rings. The average molecular weight is 245 g/mol. The Morgan fingerprint density at radius 3 is 2.44 bits per heavy atom. The summed E-state index contributed by atoms with van der Waals surface area (Å²) in [5, 5.41) is 0. The van der Waals surface area contributed by atoms with Gasteiger partial charge in [0.1, 0.15) is 0 Å². The summed E-state index contributed by atoms with van der Waals surface area (Å²) in [7, 11) is 0. The maximum absolute atomic E-state index is 11.3. The van der Waals surface area contributed by atoms with Gasteiger partial charge >= 0.3 is 0 Å². The molecule has 1 aliphatic carbocycles. The molecule has 1 amide bonds. The van der Waals surface area contributed by atoms with Crippen LogP contribution in [0.4, 0.5) is 0 Å². The maximum atomic E-state index is 11.3. The van der Waals surface area contributed by atoms with Gasteiger partial charge in [-0.2, -0.15) is 0 Å². The second-order valence-corrected chi connectivity index (χ2v) is 6.37. The van der Waals surface area contributed by atoms with E-state index < -0.39 is 0 Å². The molecule has 0 spiro atoms. The van der Waals surface area contributed by atoms with Gasteiger partial charge in [-0.05, 0) is 41.4 Å². The SMILES string of the molecule is CC1(C)CCCCC1(C)c1cccc(C(N)=O)c1. The molecule has 98 valence electrons. The highest BCUT2D eigenvalue weighted by Gasteiger charge is 2.43. The summed E-state index contributed by atoms with van der Waals surface area (Å²) >= 11 is 0. The lowest BCUT2D eigenvalue weighted by atomic mass is 9.56. The molecule has 1 unspecified atom stereocenters. The summed E-state index contributed by atoms with van der Waals surface area (Å²) in [5.74, 6) is -0.339. The van der Waals surface area contributed by atoms with Crippen LogP contribution >= 0.6 is 0 Å². The Hall–Kier alpha value is -1.31. The van der Waals surface area contributed by atoms with Gasteiger partial charge in [0.2, 0.25) is 5.91 Å². The van der Waals surface area contributed by atoms with Gasteiger partial charge in [0.15, 0.2) is 0 Å². The van der Waals surface area contributed by atoms with E-state index in [1.807, 2.05) is 12.1 Å². The molecule has 1 saturated carbocycles. The van der Waals surface area contributed by atoms with Crippen LogP contribution in [0, 0.1) is 5.41 Å². The molecular weight excluding hydrogens is 222 g/mol. The minimum absolute atomic E-state index is 0.136. The third-order valence-corrected chi connectivity index (χ3v) is 5.01. The van der Waals surface area contributed by atoms with Gasteiger partial charge in [0.25, 0.3) is 0 Å². The van der Waals surface area contributed by atoms with Crippen LogP contribution < -0.4 is 5.73 Å². The van der Waals surface area contributed by atoms with Gasteiger partial charge in [0, 0.05) is 5.56 Å². The quantitative estimate of drug-likeness (QED) is 0.849. The normalized spacial score (nSPS) is 26.8. The van der Waals surface area contributed by atoms with Gasteiger partial charge in [-0.15, -0.1) is 0 Å². The summed E-state index contributed by atoms with van der Waals surface area (Å²) in [6.07, 6.45) is 4.99. The summed E-state index contributed by atoms with van der Waals surface area (Å²) in [6.45, 7) is 7.00. The second kappa shape index (κ2) is 4.42. The fraction of sp³-hybridized carbons (Fsp3) is 0.562. The van der Waals surface area contributed by atoms with Crippen molar-refractivity contribution in [3.8, 4) is 0 Å². The lowest BCUT2D eigenvalue weighted by Gasteiger charge is -2.48. The molecule has 0 aromatic heterocycles. The van der Waals surface area contributed by atoms with Gasteiger partial charge in [-0.1, -0.05) is 45.7 Å². The van der Waals surface area contributed by atoms with Crippen LogP contribution in [0.3, 0.4) is 0 Å². The molecular formula is C16H23NO. The Balaban J connectivity index is 2.45. The van der Waals surface area contributed by atoms with Crippen LogP contribution in [0.5, 0.6) is 0 Å². The second-order valence-electron chi connectivity index (χ2n) is 6.37. The van der Waals surface area contributed by atoms with Crippen LogP contribution in [0.1, 0.15) is 62.4 Å². The van der Waals surface area contributed by atoms with E-state index in [0.717, 1.165) is 0 Å². The van der Waals surface area contributed by atoms with Crippen LogP contribution in [0.2, 0.25) is 0 Å². The van der Waals surface area contributed by atoms with Crippen LogP contribution in [-0.4, -0.2) is 5.91 Å². The van der Waals surface area contributed by atoms with Gasteiger partial charge in [0.05, 0.1) is 0 Å². The van der Waals surface area contributed by atoms with Crippen molar-refractivity contribution in [1.82, 2.24) is 0 Å². The number of carbonyl (C=O) groups excluding carboxylic acids is 1. The van der Waals surface area contributed by atoms with Crippen molar-refractivity contribution in [3.63, 3.8) is 0 Å². The Labute approximate surface area is 110 Å². The third-order valence-electron chi connectivity index (χ3n) is 5.01. The number of hydrogen-bond acceptors (Lipinski definition) is 1. The first-order valence-corrected chi connectivity index (χ1v) is 6.77. The summed E-state index contributed by atoms with van der Waals surface area (Å²) in [5.41, 5.74) is 7.66. The lowest BCUT2D eigenvalue weighted by molar-refractivity contribution is 0.0995.